The third-order valence-corrected chi connectivity index (χ3v) is 3.68. The highest BCUT2D eigenvalue weighted by Crippen LogP contribution is 2.26. The van der Waals surface area contributed by atoms with Gasteiger partial charge in [0.2, 0.25) is 0 Å². The lowest BCUT2D eigenvalue weighted by Crippen LogP contribution is -2.07. The molecule has 0 saturated heterocycles. The monoisotopic (exact) mass is 320 g/mol. The summed E-state index contributed by atoms with van der Waals surface area (Å²) < 4.78 is 15.0. The number of aromatic nitrogens is 1. The Hall–Kier alpha value is -3.39. The van der Waals surface area contributed by atoms with Gasteiger partial charge < -0.3 is 9.67 Å². The van der Waals surface area contributed by atoms with Gasteiger partial charge in [-0.15, -0.1) is 0 Å². The van der Waals surface area contributed by atoms with Gasteiger partial charge in [0.1, 0.15) is 12.4 Å². The number of fused-ring (bicyclic) bond motifs is 1. The highest BCUT2D eigenvalue weighted by Gasteiger charge is 2.10. The molecule has 4 nitrogen and oxygen atoms in total. The van der Waals surface area contributed by atoms with Gasteiger partial charge in [-0.2, -0.15) is 5.26 Å². The second-order valence-corrected chi connectivity index (χ2v) is 5.30. The molecule has 0 amide bonds. The lowest BCUT2D eigenvalue weighted by molar-refractivity contribution is -0.137. The maximum atomic E-state index is 13.4. The van der Waals surface area contributed by atoms with E-state index in [1.54, 1.807) is 29.0 Å². The van der Waals surface area contributed by atoms with Crippen LogP contribution in [0.4, 0.5) is 4.39 Å². The number of aliphatic carboxylic acids is 1. The second kappa shape index (κ2) is 6.39. The molecule has 0 atom stereocenters. The van der Waals surface area contributed by atoms with Crippen LogP contribution in [0.1, 0.15) is 11.1 Å². The van der Waals surface area contributed by atoms with Crippen LogP contribution in [0.3, 0.4) is 0 Å². The van der Waals surface area contributed by atoms with E-state index in [-0.39, 0.29) is 6.54 Å². The quantitative estimate of drug-likeness (QED) is 0.741. The van der Waals surface area contributed by atoms with Gasteiger partial charge in [0.15, 0.2) is 0 Å². The molecule has 0 saturated carbocycles. The Kier molecular flexibility index (Phi) is 4.13. The van der Waals surface area contributed by atoms with Gasteiger partial charge in [-0.1, -0.05) is 30.3 Å². The summed E-state index contributed by atoms with van der Waals surface area (Å²) in [5, 5.41) is 19.3. The molecule has 24 heavy (non-hydrogen) atoms. The van der Waals surface area contributed by atoms with Crippen molar-refractivity contribution in [3.8, 4) is 6.07 Å². The van der Waals surface area contributed by atoms with E-state index in [9.17, 15) is 14.4 Å². The summed E-state index contributed by atoms with van der Waals surface area (Å²) in [5.74, 6) is -1.36. The minimum absolute atomic E-state index is 0.170. The van der Waals surface area contributed by atoms with E-state index >= 15 is 0 Å². The maximum absolute atomic E-state index is 13.4. The van der Waals surface area contributed by atoms with Gasteiger partial charge in [-0.3, -0.25) is 4.79 Å². The van der Waals surface area contributed by atoms with Gasteiger partial charge in [-0.05, 0) is 29.8 Å². The Balaban J connectivity index is 2.15. The normalized spacial score (nSPS) is 11.4. The average Bonchev–Trinajstić information content (AvgIpc) is 2.90. The molecule has 0 unspecified atom stereocenters. The number of nitrogens with zero attached hydrogens (tertiary/aromatic N) is 2. The SMILES string of the molecule is N#C/C(=C/c1cn(CC(=O)O)c2ccccc12)c1cccc(F)c1. The number of halogens is 1. The summed E-state index contributed by atoms with van der Waals surface area (Å²) in [6.07, 6.45) is 3.34. The molecule has 0 aliphatic carbocycles. The van der Waals surface area contributed by atoms with Gasteiger partial charge in [0.05, 0.1) is 11.6 Å². The van der Waals surface area contributed by atoms with Crippen LogP contribution in [0.15, 0.2) is 54.7 Å². The zero-order chi connectivity index (χ0) is 17.1. The summed E-state index contributed by atoms with van der Waals surface area (Å²) in [6, 6.07) is 15.3. The lowest BCUT2D eigenvalue weighted by atomic mass is 10.0. The highest BCUT2D eigenvalue weighted by molar-refractivity contribution is 5.98. The lowest BCUT2D eigenvalue weighted by Gasteiger charge is -1.99. The van der Waals surface area contributed by atoms with E-state index in [1.165, 1.54) is 12.1 Å². The number of para-hydroxylation sites is 1. The molecule has 1 heterocycles. The van der Waals surface area contributed by atoms with E-state index in [0.717, 1.165) is 10.9 Å². The molecular formula is C19H13FN2O2. The van der Waals surface area contributed by atoms with Crippen molar-refractivity contribution in [1.29, 1.82) is 5.26 Å². The largest absolute Gasteiger partial charge is 0.480 e. The second-order valence-electron chi connectivity index (χ2n) is 5.30. The molecule has 0 aliphatic heterocycles. The number of carboxylic acid groups (broad SMARTS) is 1. The van der Waals surface area contributed by atoms with E-state index in [0.29, 0.717) is 16.7 Å². The molecule has 118 valence electrons. The van der Waals surface area contributed by atoms with Gasteiger partial charge >= 0.3 is 5.97 Å². The Morgan fingerprint density at radius 2 is 2.04 bits per heavy atom. The molecule has 3 aromatic rings. The van der Waals surface area contributed by atoms with Crippen LogP contribution in [0, 0.1) is 17.1 Å². The Morgan fingerprint density at radius 3 is 2.75 bits per heavy atom. The summed E-state index contributed by atoms with van der Waals surface area (Å²) in [4.78, 5) is 11.0. The molecule has 5 heteroatoms. The third-order valence-electron chi connectivity index (χ3n) is 3.68. The van der Waals surface area contributed by atoms with Crippen molar-refractivity contribution in [2.24, 2.45) is 0 Å². The van der Waals surface area contributed by atoms with Crippen molar-refractivity contribution in [2.75, 3.05) is 0 Å². The first-order valence-corrected chi connectivity index (χ1v) is 7.26. The fraction of sp³-hybridized carbons (Fsp3) is 0.0526. The van der Waals surface area contributed by atoms with Crippen molar-refractivity contribution in [2.45, 2.75) is 6.54 Å². The smallest absolute Gasteiger partial charge is 0.323 e. The number of allylic oxidation sites excluding steroid dienone is 1. The molecule has 0 bridgehead atoms. The first-order valence-electron chi connectivity index (χ1n) is 7.26. The van der Waals surface area contributed by atoms with E-state index in [2.05, 4.69) is 6.07 Å². The molecule has 1 aromatic heterocycles. The number of nitriles is 1. The van der Waals surface area contributed by atoms with Crippen LogP contribution in [0.2, 0.25) is 0 Å². The van der Waals surface area contributed by atoms with Crippen molar-refractivity contribution in [1.82, 2.24) is 4.57 Å². The molecule has 1 N–H and O–H groups in total. The molecular weight excluding hydrogens is 307 g/mol. The van der Waals surface area contributed by atoms with Crippen LogP contribution in [-0.4, -0.2) is 15.6 Å². The zero-order valence-electron chi connectivity index (χ0n) is 12.6. The summed E-state index contributed by atoms with van der Waals surface area (Å²) in [6.45, 7) is -0.170. The Labute approximate surface area is 137 Å². The maximum Gasteiger partial charge on any atom is 0.323 e. The fourth-order valence-corrected chi connectivity index (χ4v) is 2.66. The van der Waals surface area contributed by atoms with E-state index in [1.807, 2.05) is 24.3 Å². The minimum Gasteiger partial charge on any atom is -0.480 e. The standard InChI is InChI=1S/C19H13FN2O2/c20-16-5-3-4-13(9-16)14(10-21)8-15-11-22(12-19(23)24)18-7-2-1-6-17(15)18/h1-9,11H,12H2,(H,23,24)/b14-8-. The van der Waals surface area contributed by atoms with Gasteiger partial charge in [0.25, 0.3) is 0 Å². The topological polar surface area (TPSA) is 66.0 Å². The predicted octanol–water partition coefficient (Wildman–Crippen LogP) is 3.93. The molecule has 0 aliphatic rings. The third kappa shape index (κ3) is 3.03. The molecule has 2 aromatic carbocycles. The van der Waals surface area contributed by atoms with Crippen molar-refractivity contribution < 1.29 is 14.3 Å². The molecule has 0 radical (unpaired) electrons. The molecule has 0 fully saturated rings. The van der Waals surface area contributed by atoms with Crippen LogP contribution in [0.25, 0.3) is 22.6 Å². The summed E-state index contributed by atoms with van der Waals surface area (Å²) >= 11 is 0. The summed E-state index contributed by atoms with van der Waals surface area (Å²) in [7, 11) is 0. The average molecular weight is 320 g/mol. The number of benzene rings is 2. The zero-order valence-corrected chi connectivity index (χ0v) is 12.6. The Bertz CT molecular complexity index is 996. The van der Waals surface area contributed by atoms with Gasteiger partial charge in [-0.25, -0.2) is 4.39 Å². The number of carbonyl (C=O) groups is 1. The van der Waals surface area contributed by atoms with Crippen molar-refractivity contribution >= 4 is 28.5 Å². The van der Waals surface area contributed by atoms with Crippen LogP contribution >= 0.6 is 0 Å². The van der Waals surface area contributed by atoms with E-state index < -0.39 is 11.8 Å². The number of rotatable bonds is 4. The van der Waals surface area contributed by atoms with Crippen molar-refractivity contribution in [3.63, 3.8) is 0 Å². The molecule has 0 spiro atoms. The minimum atomic E-state index is -0.947. The number of hydrogen-bond donors (Lipinski definition) is 1. The highest BCUT2D eigenvalue weighted by atomic mass is 19.1. The first-order chi connectivity index (χ1) is 11.6. The van der Waals surface area contributed by atoms with Crippen LogP contribution in [0.5, 0.6) is 0 Å². The van der Waals surface area contributed by atoms with Crippen molar-refractivity contribution in [3.05, 3.63) is 71.7 Å². The summed E-state index contributed by atoms with van der Waals surface area (Å²) in [5.41, 5.74) is 2.27. The predicted molar refractivity (Wildman–Crippen MR) is 89.5 cm³/mol. The fourth-order valence-electron chi connectivity index (χ4n) is 2.66. The van der Waals surface area contributed by atoms with Crippen LogP contribution in [-0.2, 0) is 11.3 Å². The number of hydrogen-bond acceptors (Lipinski definition) is 2. The number of carboxylic acids is 1. The first kappa shape index (κ1) is 15.5. The van der Waals surface area contributed by atoms with Crippen LogP contribution < -0.4 is 0 Å². The van der Waals surface area contributed by atoms with E-state index in [4.69, 9.17) is 5.11 Å². The van der Waals surface area contributed by atoms with Gasteiger partial charge in [0, 0.05) is 22.7 Å². The molecule has 3 rings (SSSR count). The Morgan fingerprint density at radius 1 is 1.25 bits per heavy atom.